The van der Waals surface area contributed by atoms with E-state index in [4.69, 9.17) is 4.74 Å². The van der Waals surface area contributed by atoms with Crippen molar-refractivity contribution >= 4 is 5.91 Å². The highest BCUT2D eigenvalue weighted by atomic mass is 16.5. The van der Waals surface area contributed by atoms with Gasteiger partial charge in [0.25, 0.3) is 5.91 Å². The van der Waals surface area contributed by atoms with Crippen molar-refractivity contribution in [2.45, 2.75) is 39.8 Å². The number of aryl methyl sites for hydroxylation is 1. The maximum absolute atomic E-state index is 11.3. The maximum Gasteiger partial charge on any atom is 0.258 e. The van der Waals surface area contributed by atoms with E-state index in [-0.39, 0.29) is 18.6 Å². The fraction of sp³-hybridized carbons (Fsp3) is 0.636. The van der Waals surface area contributed by atoms with Gasteiger partial charge in [0, 0.05) is 12.6 Å². The zero-order valence-electron chi connectivity index (χ0n) is 10.1. The van der Waals surface area contributed by atoms with E-state index in [0.717, 1.165) is 13.0 Å². The van der Waals surface area contributed by atoms with Crippen LogP contribution in [0.25, 0.3) is 0 Å². The van der Waals surface area contributed by atoms with Crippen LogP contribution in [0, 0.1) is 0 Å². The summed E-state index contributed by atoms with van der Waals surface area (Å²) in [5.74, 6) is 0.519. The summed E-state index contributed by atoms with van der Waals surface area (Å²) in [6, 6.07) is 0.138. The number of aromatic nitrogens is 2. The number of ether oxygens (including phenoxy) is 1. The third-order valence-electron chi connectivity index (χ3n) is 1.88. The largest absolute Gasteiger partial charge is 0.480 e. The molecule has 90 valence electrons. The van der Waals surface area contributed by atoms with Crippen LogP contribution in [0.2, 0.25) is 0 Å². The number of hydrogen-bond acceptors (Lipinski definition) is 3. The summed E-state index contributed by atoms with van der Waals surface area (Å²) < 4.78 is 7.10. The van der Waals surface area contributed by atoms with Gasteiger partial charge < -0.3 is 10.1 Å². The molecule has 5 heteroatoms. The molecule has 0 aromatic carbocycles. The second-order valence-electron chi connectivity index (χ2n) is 3.95. The highest BCUT2D eigenvalue weighted by Gasteiger charge is 2.05. The highest BCUT2D eigenvalue weighted by molar-refractivity contribution is 5.77. The average molecular weight is 225 g/mol. The van der Waals surface area contributed by atoms with Crippen LogP contribution in [0.5, 0.6) is 5.75 Å². The first-order chi connectivity index (χ1) is 7.61. The highest BCUT2D eigenvalue weighted by Crippen LogP contribution is 2.08. The van der Waals surface area contributed by atoms with Gasteiger partial charge in [0.1, 0.15) is 0 Å². The molecule has 0 spiro atoms. The molecule has 0 atom stereocenters. The zero-order valence-corrected chi connectivity index (χ0v) is 10.1. The lowest BCUT2D eigenvalue weighted by atomic mass is 10.4. The van der Waals surface area contributed by atoms with Gasteiger partial charge >= 0.3 is 0 Å². The Morgan fingerprint density at radius 3 is 3.00 bits per heavy atom. The normalized spacial score (nSPS) is 10.5. The van der Waals surface area contributed by atoms with Crippen LogP contribution in [-0.4, -0.2) is 28.3 Å². The lowest BCUT2D eigenvalue weighted by Crippen LogP contribution is -2.34. The number of nitrogens with zero attached hydrogens (tertiary/aromatic N) is 2. The summed E-state index contributed by atoms with van der Waals surface area (Å²) in [5.41, 5.74) is 0. The standard InChI is InChI=1S/C11H19N3O2/c1-4-5-14-7-10(6-12-14)16-8-11(15)13-9(2)3/h6-7,9H,4-5,8H2,1-3H3,(H,13,15). The molecule has 0 aliphatic rings. The van der Waals surface area contributed by atoms with E-state index in [1.165, 1.54) is 0 Å². The summed E-state index contributed by atoms with van der Waals surface area (Å²) >= 11 is 0. The van der Waals surface area contributed by atoms with E-state index in [1.807, 2.05) is 13.8 Å². The first kappa shape index (κ1) is 12.5. The van der Waals surface area contributed by atoms with E-state index in [9.17, 15) is 4.79 Å². The number of carbonyl (C=O) groups excluding carboxylic acids is 1. The number of nitrogens with one attached hydrogen (secondary N) is 1. The van der Waals surface area contributed by atoms with Crippen molar-refractivity contribution in [2.75, 3.05) is 6.61 Å². The van der Waals surface area contributed by atoms with Crippen LogP contribution in [-0.2, 0) is 11.3 Å². The molecule has 1 heterocycles. The number of amides is 1. The predicted octanol–water partition coefficient (Wildman–Crippen LogP) is 1.20. The van der Waals surface area contributed by atoms with Gasteiger partial charge in [-0.2, -0.15) is 5.10 Å². The van der Waals surface area contributed by atoms with Crippen LogP contribution in [0.3, 0.4) is 0 Å². The Bertz CT molecular complexity index is 334. The van der Waals surface area contributed by atoms with E-state index in [0.29, 0.717) is 5.75 Å². The van der Waals surface area contributed by atoms with Gasteiger partial charge in [-0.3, -0.25) is 9.48 Å². The molecule has 0 aliphatic heterocycles. The molecule has 0 radical (unpaired) electrons. The third kappa shape index (κ3) is 4.33. The second kappa shape index (κ2) is 6.15. The SMILES string of the molecule is CCCn1cc(OCC(=O)NC(C)C)cn1. The van der Waals surface area contributed by atoms with Gasteiger partial charge in [-0.15, -0.1) is 0 Å². The molecular weight excluding hydrogens is 206 g/mol. The second-order valence-corrected chi connectivity index (χ2v) is 3.95. The Labute approximate surface area is 95.8 Å². The zero-order chi connectivity index (χ0) is 12.0. The Hall–Kier alpha value is -1.52. The van der Waals surface area contributed by atoms with Crippen LogP contribution >= 0.6 is 0 Å². The van der Waals surface area contributed by atoms with E-state index < -0.39 is 0 Å². The topological polar surface area (TPSA) is 56.1 Å². The van der Waals surface area contributed by atoms with Crippen molar-refractivity contribution in [2.24, 2.45) is 0 Å². The summed E-state index contributed by atoms with van der Waals surface area (Å²) in [6.07, 6.45) is 4.44. The number of carbonyl (C=O) groups is 1. The van der Waals surface area contributed by atoms with Gasteiger partial charge in [0.05, 0.1) is 12.4 Å². The third-order valence-corrected chi connectivity index (χ3v) is 1.88. The molecule has 0 fully saturated rings. The monoisotopic (exact) mass is 225 g/mol. The molecule has 1 aromatic rings. The minimum absolute atomic E-state index is 0.0377. The average Bonchev–Trinajstić information content (AvgIpc) is 2.62. The van der Waals surface area contributed by atoms with Crippen molar-refractivity contribution in [1.29, 1.82) is 0 Å². The smallest absolute Gasteiger partial charge is 0.258 e. The summed E-state index contributed by atoms with van der Waals surface area (Å²) in [4.78, 5) is 11.3. The molecule has 0 saturated carbocycles. The van der Waals surface area contributed by atoms with Crippen LogP contribution in [0.15, 0.2) is 12.4 Å². The van der Waals surface area contributed by atoms with Gasteiger partial charge in [-0.05, 0) is 20.3 Å². The fourth-order valence-corrected chi connectivity index (χ4v) is 1.28. The first-order valence-corrected chi connectivity index (χ1v) is 5.56. The molecule has 5 nitrogen and oxygen atoms in total. The molecule has 0 unspecified atom stereocenters. The van der Waals surface area contributed by atoms with Crippen molar-refractivity contribution in [1.82, 2.24) is 15.1 Å². The Morgan fingerprint density at radius 2 is 2.38 bits per heavy atom. The number of hydrogen-bond donors (Lipinski definition) is 1. The van der Waals surface area contributed by atoms with Gasteiger partial charge in [-0.25, -0.2) is 0 Å². The molecule has 1 aromatic heterocycles. The van der Waals surface area contributed by atoms with Crippen molar-refractivity contribution < 1.29 is 9.53 Å². The molecule has 0 aliphatic carbocycles. The Balaban J connectivity index is 2.33. The van der Waals surface area contributed by atoms with Crippen LogP contribution in [0.4, 0.5) is 0 Å². The number of rotatable bonds is 6. The minimum Gasteiger partial charge on any atom is -0.480 e. The Morgan fingerprint density at radius 1 is 1.62 bits per heavy atom. The van der Waals surface area contributed by atoms with Crippen LogP contribution in [0.1, 0.15) is 27.2 Å². The predicted molar refractivity (Wildman–Crippen MR) is 61.3 cm³/mol. The van der Waals surface area contributed by atoms with Gasteiger partial charge in [0.2, 0.25) is 0 Å². The Kier molecular flexibility index (Phi) is 4.82. The first-order valence-electron chi connectivity index (χ1n) is 5.56. The lowest BCUT2D eigenvalue weighted by molar-refractivity contribution is -0.123. The van der Waals surface area contributed by atoms with Gasteiger partial charge in [-0.1, -0.05) is 6.92 Å². The molecule has 1 N–H and O–H groups in total. The molecule has 0 bridgehead atoms. The van der Waals surface area contributed by atoms with Crippen molar-refractivity contribution in [3.05, 3.63) is 12.4 Å². The summed E-state index contributed by atoms with van der Waals surface area (Å²) in [7, 11) is 0. The molecular formula is C11H19N3O2. The van der Waals surface area contributed by atoms with E-state index in [1.54, 1.807) is 17.1 Å². The maximum atomic E-state index is 11.3. The lowest BCUT2D eigenvalue weighted by Gasteiger charge is -2.08. The molecule has 1 rings (SSSR count). The van der Waals surface area contributed by atoms with Crippen molar-refractivity contribution in [3.63, 3.8) is 0 Å². The minimum atomic E-state index is -0.113. The summed E-state index contributed by atoms with van der Waals surface area (Å²) in [5, 5.41) is 6.86. The molecule has 1 amide bonds. The van der Waals surface area contributed by atoms with E-state index in [2.05, 4.69) is 17.3 Å². The fourth-order valence-electron chi connectivity index (χ4n) is 1.28. The van der Waals surface area contributed by atoms with Crippen LogP contribution < -0.4 is 10.1 Å². The summed E-state index contributed by atoms with van der Waals surface area (Å²) in [6.45, 7) is 6.81. The molecule has 16 heavy (non-hydrogen) atoms. The molecule has 0 saturated heterocycles. The quantitative estimate of drug-likeness (QED) is 0.791. The van der Waals surface area contributed by atoms with E-state index >= 15 is 0 Å². The van der Waals surface area contributed by atoms with Crippen molar-refractivity contribution in [3.8, 4) is 5.75 Å². The van der Waals surface area contributed by atoms with Gasteiger partial charge in [0.15, 0.2) is 12.4 Å².